The number of alkyl halides is 2. The number of nitrogens with zero attached hydrogens (tertiary/aromatic N) is 1. The number of rotatable bonds is 6. The summed E-state index contributed by atoms with van der Waals surface area (Å²) < 4.78 is 25.7. The molecule has 3 aliphatic rings. The Bertz CT molecular complexity index is 406. The molecule has 0 radical (unpaired) electrons. The predicted octanol–water partition coefficient (Wildman–Crippen LogP) is 2.28. The molecule has 0 saturated carbocycles. The number of esters is 1. The molecule has 3 aliphatic heterocycles. The van der Waals surface area contributed by atoms with E-state index in [9.17, 15) is 9.18 Å². The number of likely N-dealkylation sites (N-methyl/N-ethyl adjacent to an activating group) is 1. The molecule has 3 heterocycles. The minimum atomic E-state index is -2.04. The number of carbonyl (C=O) groups excluding carboxylic acids is 1. The first-order valence-corrected chi connectivity index (χ1v) is 8.37. The maximum atomic E-state index is 14.6. The summed E-state index contributed by atoms with van der Waals surface area (Å²) in [6.07, 6.45) is 3.42. The highest BCUT2D eigenvalue weighted by Crippen LogP contribution is 2.48. The van der Waals surface area contributed by atoms with E-state index in [2.05, 4.69) is 11.9 Å². The first-order valence-electron chi connectivity index (χ1n) is 7.83. The van der Waals surface area contributed by atoms with Gasteiger partial charge in [-0.15, -0.1) is 11.6 Å². The summed E-state index contributed by atoms with van der Waals surface area (Å²) in [6.45, 7) is 1.96. The van der Waals surface area contributed by atoms with E-state index in [0.29, 0.717) is 18.5 Å². The molecule has 6 heteroatoms. The van der Waals surface area contributed by atoms with Gasteiger partial charge in [-0.05, 0) is 19.9 Å². The zero-order valence-corrected chi connectivity index (χ0v) is 13.3. The number of unbranched alkanes of at least 4 members (excludes halogenated alkanes) is 1. The van der Waals surface area contributed by atoms with E-state index in [0.717, 1.165) is 19.3 Å². The lowest BCUT2D eigenvalue weighted by atomic mass is 9.98. The normalized spacial score (nSPS) is 40.5. The zero-order valence-electron chi connectivity index (χ0n) is 12.6. The predicted molar refractivity (Wildman–Crippen MR) is 77.2 cm³/mol. The monoisotopic (exact) mass is 319 g/mol. The first-order chi connectivity index (χ1) is 10.00. The van der Waals surface area contributed by atoms with Gasteiger partial charge in [-0.25, -0.2) is 9.18 Å². The van der Waals surface area contributed by atoms with Crippen LogP contribution in [0.1, 0.15) is 39.0 Å². The molecule has 0 aromatic heterocycles. The van der Waals surface area contributed by atoms with Crippen LogP contribution >= 0.6 is 11.6 Å². The molecule has 120 valence electrons. The van der Waals surface area contributed by atoms with Crippen molar-refractivity contribution in [1.29, 1.82) is 0 Å². The van der Waals surface area contributed by atoms with E-state index in [1.165, 1.54) is 0 Å². The third-order valence-electron chi connectivity index (χ3n) is 5.15. The molecule has 0 N–H and O–H groups in total. The largest absolute Gasteiger partial charge is 0.460 e. The Labute approximate surface area is 129 Å². The molecule has 3 fully saturated rings. The molecule has 6 atom stereocenters. The third-order valence-corrected chi connectivity index (χ3v) is 5.58. The molecule has 0 aliphatic carbocycles. The van der Waals surface area contributed by atoms with Crippen molar-refractivity contribution in [3.63, 3.8) is 0 Å². The van der Waals surface area contributed by atoms with Gasteiger partial charge < -0.3 is 9.47 Å². The molecule has 2 unspecified atom stereocenters. The third kappa shape index (κ3) is 2.68. The maximum Gasteiger partial charge on any atom is 0.345 e. The average molecular weight is 320 g/mol. The van der Waals surface area contributed by atoms with E-state index in [1.54, 1.807) is 0 Å². The fourth-order valence-corrected chi connectivity index (χ4v) is 3.98. The Hall–Kier alpha value is -0.390. The minimum Gasteiger partial charge on any atom is -0.460 e. The van der Waals surface area contributed by atoms with Gasteiger partial charge in [0.25, 0.3) is 0 Å². The van der Waals surface area contributed by atoms with Crippen LogP contribution in [0, 0.1) is 0 Å². The first kappa shape index (κ1) is 15.5. The van der Waals surface area contributed by atoms with Crippen molar-refractivity contribution in [3.8, 4) is 0 Å². The fraction of sp³-hybridized carbons (Fsp3) is 0.933. The van der Waals surface area contributed by atoms with E-state index in [1.807, 2.05) is 6.92 Å². The van der Waals surface area contributed by atoms with E-state index in [4.69, 9.17) is 21.1 Å². The minimum absolute atomic E-state index is 0.139. The zero-order chi connectivity index (χ0) is 15.2. The summed E-state index contributed by atoms with van der Waals surface area (Å²) in [6, 6.07) is 0.597. The summed E-state index contributed by atoms with van der Waals surface area (Å²) in [5, 5.41) is 0. The maximum absolute atomic E-state index is 14.6. The van der Waals surface area contributed by atoms with Crippen LogP contribution in [-0.2, 0) is 14.3 Å². The number of fused-ring (bicyclic) bond motifs is 5. The molecule has 0 aromatic rings. The number of hydrogen-bond acceptors (Lipinski definition) is 4. The SMILES string of the molecule is CCCCC(F)(CCl)C(=O)OC1C[C@@H]2[C@H]3O[C@H]3[C@H](C1)N2C. The summed E-state index contributed by atoms with van der Waals surface area (Å²) in [5.74, 6) is -1.12. The van der Waals surface area contributed by atoms with Crippen LogP contribution in [-0.4, -0.2) is 59.9 Å². The number of epoxide rings is 1. The van der Waals surface area contributed by atoms with Gasteiger partial charge in [0, 0.05) is 24.9 Å². The molecule has 2 bridgehead atoms. The van der Waals surface area contributed by atoms with Crippen LogP contribution in [0.5, 0.6) is 0 Å². The summed E-state index contributed by atoms with van der Waals surface area (Å²) in [5.41, 5.74) is -2.04. The average Bonchev–Trinajstić information content (AvgIpc) is 3.22. The standard InChI is InChI=1S/C15H23ClFNO3/c1-3-4-5-15(17,8-16)14(19)20-9-6-10-12-13(21-12)11(7-9)18(10)2/h9-13H,3-8H2,1-2H3/t9?,10-,11+,12-,13+,15?. The Balaban J connectivity index is 1.58. The van der Waals surface area contributed by atoms with E-state index < -0.39 is 11.6 Å². The van der Waals surface area contributed by atoms with Gasteiger partial charge in [0.05, 0.1) is 5.88 Å². The van der Waals surface area contributed by atoms with Crippen LogP contribution < -0.4 is 0 Å². The van der Waals surface area contributed by atoms with Gasteiger partial charge in [0.2, 0.25) is 5.67 Å². The summed E-state index contributed by atoms with van der Waals surface area (Å²) in [7, 11) is 2.09. The fourth-order valence-electron chi connectivity index (χ4n) is 3.73. The second-order valence-corrected chi connectivity index (χ2v) is 6.83. The molecular weight excluding hydrogens is 297 g/mol. The lowest BCUT2D eigenvalue weighted by molar-refractivity contribution is -0.167. The van der Waals surface area contributed by atoms with Crippen LogP contribution in [0.3, 0.4) is 0 Å². The molecule has 21 heavy (non-hydrogen) atoms. The Kier molecular flexibility index (Phi) is 4.19. The van der Waals surface area contributed by atoms with Crippen molar-refractivity contribution < 1.29 is 18.7 Å². The topological polar surface area (TPSA) is 42.1 Å². The molecule has 3 rings (SSSR count). The molecular formula is C15H23ClFNO3. The van der Waals surface area contributed by atoms with Gasteiger partial charge >= 0.3 is 5.97 Å². The van der Waals surface area contributed by atoms with Crippen molar-refractivity contribution in [3.05, 3.63) is 0 Å². The Morgan fingerprint density at radius 3 is 2.57 bits per heavy atom. The Morgan fingerprint density at radius 2 is 2.05 bits per heavy atom. The number of morpholine rings is 1. The van der Waals surface area contributed by atoms with Crippen molar-refractivity contribution in [2.24, 2.45) is 0 Å². The van der Waals surface area contributed by atoms with Crippen LogP contribution in [0.2, 0.25) is 0 Å². The van der Waals surface area contributed by atoms with Crippen molar-refractivity contribution in [2.75, 3.05) is 12.9 Å². The second kappa shape index (κ2) is 5.67. The molecule has 0 amide bonds. The van der Waals surface area contributed by atoms with Gasteiger partial charge in [-0.1, -0.05) is 13.3 Å². The molecule has 0 aromatic carbocycles. The van der Waals surface area contributed by atoms with Gasteiger partial charge in [0.1, 0.15) is 18.3 Å². The highest BCUT2D eigenvalue weighted by Gasteiger charge is 2.63. The highest BCUT2D eigenvalue weighted by atomic mass is 35.5. The van der Waals surface area contributed by atoms with Gasteiger partial charge in [0.15, 0.2) is 0 Å². The van der Waals surface area contributed by atoms with Crippen LogP contribution in [0.25, 0.3) is 0 Å². The quantitative estimate of drug-likeness (QED) is 0.428. The number of hydrogen-bond donors (Lipinski definition) is 0. The van der Waals surface area contributed by atoms with Gasteiger partial charge in [-0.2, -0.15) is 0 Å². The number of carbonyl (C=O) groups is 1. The molecule has 4 nitrogen and oxygen atoms in total. The summed E-state index contributed by atoms with van der Waals surface area (Å²) in [4.78, 5) is 14.5. The van der Waals surface area contributed by atoms with Crippen molar-refractivity contribution >= 4 is 17.6 Å². The van der Waals surface area contributed by atoms with Crippen molar-refractivity contribution in [1.82, 2.24) is 4.90 Å². The molecule has 3 saturated heterocycles. The lowest BCUT2D eigenvalue weighted by Crippen LogP contribution is -2.49. The van der Waals surface area contributed by atoms with Crippen LogP contribution in [0.15, 0.2) is 0 Å². The van der Waals surface area contributed by atoms with Crippen LogP contribution in [0.4, 0.5) is 4.39 Å². The number of piperidine rings is 1. The Morgan fingerprint density at radius 1 is 1.43 bits per heavy atom. The van der Waals surface area contributed by atoms with E-state index >= 15 is 0 Å². The number of halogens is 2. The summed E-state index contributed by atoms with van der Waals surface area (Å²) >= 11 is 5.68. The second-order valence-electron chi connectivity index (χ2n) is 6.57. The highest BCUT2D eigenvalue weighted by molar-refractivity contribution is 6.20. The smallest absolute Gasteiger partial charge is 0.345 e. The van der Waals surface area contributed by atoms with E-state index in [-0.39, 0.29) is 30.6 Å². The number of ether oxygens (including phenoxy) is 2. The van der Waals surface area contributed by atoms with Crippen molar-refractivity contribution in [2.45, 2.75) is 75.1 Å². The lowest BCUT2D eigenvalue weighted by Gasteiger charge is -2.38. The molecule has 0 spiro atoms. The van der Waals surface area contributed by atoms with Gasteiger partial charge in [-0.3, -0.25) is 4.90 Å².